The highest BCUT2D eigenvalue weighted by molar-refractivity contribution is 6.31. The van der Waals surface area contributed by atoms with Gasteiger partial charge < -0.3 is 5.73 Å². The highest BCUT2D eigenvalue weighted by Crippen LogP contribution is 2.34. The van der Waals surface area contributed by atoms with Crippen LogP contribution in [0.2, 0.25) is 5.02 Å². The van der Waals surface area contributed by atoms with Crippen LogP contribution >= 0.6 is 11.6 Å². The third kappa shape index (κ3) is 2.21. The summed E-state index contributed by atoms with van der Waals surface area (Å²) >= 11 is 5.88. The number of halogens is 1. The molecule has 2 N–H and O–H groups in total. The first-order chi connectivity index (χ1) is 9.16. The van der Waals surface area contributed by atoms with Crippen molar-refractivity contribution >= 4 is 34.6 Å². The van der Waals surface area contributed by atoms with Crippen LogP contribution in [-0.2, 0) is 4.79 Å². The summed E-state index contributed by atoms with van der Waals surface area (Å²) in [6, 6.07) is 5.14. The second-order valence-electron chi connectivity index (χ2n) is 5.10. The largest absolute Gasteiger partial charge is 0.397 e. The summed E-state index contributed by atoms with van der Waals surface area (Å²) in [5.41, 5.74) is 8.07. The Hall–Kier alpha value is -1.55. The predicted molar refractivity (Wildman–Crippen MR) is 77.4 cm³/mol. The Morgan fingerprint density at radius 3 is 2.95 bits per heavy atom. The van der Waals surface area contributed by atoms with Crippen molar-refractivity contribution < 1.29 is 4.79 Å². The number of nitrogens with zero attached hydrogens (tertiary/aromatic N) is 2. The van der Waals surface area contributed by atoms with Crippen LogP contribution in [0.4, 0.5) is 11.4 Å². The predicted octanol–water partition coefficient (Wildman–Crippen LogP) is 3.21. The van der Waals surface area contributed by atoms with Gasteiger partial charge in [0.05, 0.1) is 23.0 Å². The molecule has 5 heteroatoms. The van der Waals surface area contributed by atoms with Crippen molar-refractivity contribution in [3.05, 3.63) is 23.2 Å². The lowest BCUT2D eigenvalue weighted by Crippen LogP contribution is -2.27. The number of carbonyl (C=O) groups excluding carboxylic acids is 1. The van der Waals surface area contributed by atoms with Crippen molar-refractivity contribution in [2.24, 2.45) is 11.0 Å². The topological polar surface area (TPSA) is 58.7 Å². The molecule has 1 aliphatic heterocycles. The number of fused-ring (bicyclic) bond motifs is 1. The Morgan fingerprint density at radius 1 is 1.32 bits per heavy atom. The standard InChI is InChI=1S/C14H16ClN3O/c15-9-6-7-13(11(16)8-9)18-14(19)10-4-2-1-3-5-12(10)17-18/h6-8,10H,1-5,16H2. The SMILES string of the molecule is Nc1cc(Cl)ccc1N1N=C2CCCCCC2C1=O. The van der Waals surface area contributed by atoms with Crippen LogP contribution in [0.25, 0.3) is 0 Å². The van der Waals surface area contributed by atoms with Gasteiger partial charge in [-0.2, -0.15) is 10.1 Å². The number of amides is 1. The lowest BCUT2D eigenvalue weighted by Gasteiger charge is -2.16. The van der Waals surface area contributed by atoms with Gasteiger partial charge >= 0.3 is 0 Å². The van der Waals surface area contributed by atoms with E-state index in [4.69, 9.17) is 17.3 Å². The van der Waals surface area contributed by atoms with Crippen molar-refractivity contribution in [1.29, 1.82) is 0 Å². The molecule has 1 amide bonds. The van der Waals surface area contributed by atoms with Crippen LogP contribution in [0.15, 0.2) is 23.3 Å². The Kier molecular flexibility index (Phi) is 3.19. The molecule has 1 fully saturated rings. The summed E-state index contributed by atoms with van der Waals surface area (Å²) in [6.45, 7) is 0. The molecule has 0 aromatic heterocycles. The lowest BCUT2D eigenvalue weighted by molar-refractivity contribution is -0.119. The zero-order chi connectivity index (χ0) is 13.4. The smallest absolute Gasteiger partial charge is 0.256 e. The number of hydrogen-bond donors (Lipinski definition) is 1. The van der Waals surface area contributed by atoms with Gasteiger partial charge in [0, 0.05) is 5.02 Å². The van der Waals surface area contributed by atoms with E-state index in [0.717, 1.165) is 31.4 Å². The lowest BCUT2D eigenvalue weighted by atomic mass is 9.98. The zero-order valence-electron chi connectivity index (χ0n) is 10.6. The van der Waals surface area contributed by atoms with Gasteiger partial charge in [-0.05, 0) is 37.5 Å². The number of anilines is 2. The van der Waals surface area contributed by atoms with Crippen LogP contribution in [0, 0.1) is 5.92 Å². The minimum Gasteiger partial charge on any atom is -0.397 e. The molecule has 100 valence electrons. The molecule has 0 bridgehead atoms. The monoisotopic (exact) mass is 277 g/mol. The Morgan fingerprint density at radius 2 is 2.16 bits per heavy atom. The summed E-state index contributed by atoms with van der Waals surface area (Å²) in [4.78, 5) is 12.5. The second kappa shape index (κ2) is 4.85. The van der Waals surface area contributed by atoms with Crippen LogP contribution in [-0.4, -0.2) is 11.6 Å². The molecule has 0 saturated heterocycles. The fraction of sp³-hybridized carbons (Fsp3) is 0.429. The molecule has 3 rings (SSSR count). The molecule has 1 aliphatic carbocycles. The number of carbonyl (C=O) groups is 1. The second-order valence-corrected chi connectivity index (χ2v) is 5.53. The summed E-state index contributed by atoms with van der Waals surface area (Å²) in [5, 5.41) is 6.51. The van der Waals surface area contributed by atoms with Crippen molar-refractivity contribution in [2.75, 3.05) is 10.7 Å². The van der Waals surface area contributed by atoms with Gasteiger partial charge in [-0.1, -0.05) is 24.4 Å². The van der Waals surface area contributed by atoms with Gasteiger partial charge in [-0.3, -0.25) is 4.79 Å². The molecular weight excluding hydrogens is 262 g/mol. The maximum Gasteiger partial charge on any atom is 0.256 e. The number of nitrogen functional groups attached to an aromatic ring is 1. The van der Waals surface area contributed by atoms with E-state index >= 15 is 0 Å². The van der Waals surface area contributed by atoms with Gasteiger partial charge in [0.2, 0.25) is 0 Å². The molecule has 1 atom stereocenters. The van der Waals surface area contributed by atoms with E-state index in [0.29, 0.717) is 16.4 Å². The number of rotatable bonds is 1. The average molecular weight is 278 g/mol. The Balaban J connectivity index is 1.95. The molecule has 1 aromatic rings. The van der Waals surface area contributed by atoms with Gasteiger partial charge in [0.1, 0.15) is 0 Å². The van der Waals surface area contributed by atoms with E-state index in [1.54, 1.807) is 18.2 Å². The molecule has 2 aliphatic rings. The minimum atomic E-state index is -0.0439. The van der Waals surface area contributed by atoms with E-state index in [-0.39, 0.29) is 11.8 Å². The van der Waals surface area contributed by atoms with Crippen molar-refractivity contribution in [2.45, 2.75) is 32.1 Å². The number of nitrogens with two attached hydrogens (primary N) is 1. The first-order valence-corrected chi connectivity index (χ1v) is 7.01. The molecule has 0 spiro atoms. The van der Waals surface area contributed by atoms with Crippen LogP contribution < -0.4 is 10.7 Å². The summed E-state index contributed by atoms with van der Waals surface area (Å²) in [6.07, 6.45) is 5.22. The van der Waals surface area contributed by atoms with Gasteiger partial charge in [-0.25, -0.2) is 0 Å². The van der Waals surface area contributed by atoms with Crippen molar-refractivity contribution in [3.8, 4) is 0 Å². The molecule has 1 saturated carbocycles. The van der Waals surface area contributed by atoms with Crippen molar-refractivity contribution in [1.82, 2.24) is 0 Å². The molecule has 1 aromatic carbocycles. The van der Waals surface area contributed by atoms with Gasteiger partial charge in [-0.15, -0.1) is 0 Å². The molecule has 19 heavy (non-hydrogen) atoms. The minimum absolute atomic E-state index is 0.0439. The average Bonchev–Trinajstić information content (AvgIpc) is 2.57. The van der Waals surface area contributed by atoms with E-state index in [1.165, 1.54) is 11.4 Å². The fourth-order valence-electron chi connectivity index (χ4n) is 2.77. The van der Waals surface area contributed by atoms with Gasteiger partial charge in [0.25, 0.3) is 5.91 Å². The molecule has 1 heterocycles. The highest BCUT2D eigenvalue weighted by atomic mass is 35.5. The maximum absolute atomic E-state index is 12.5. The molecule has 0 radical (unpaired) electrons. The third-order valence-corrected chi connectivity index (χ3v) is 4.02. The first kappa shape index (κ1) is 12.5. The molecule has 1 unspecified atom stereocenters. The Bertz CT molecular complexity index is 556. The summed E-state index contributed by atoms with van der Waals surface area (Å²) in [7, 11) is 0. The van der Waals surface area contributed by atoms with E-state index in [2.05, 4.69) is 5.10 Å². The van der Waals surface area contributed by atoms with E-state index in [9.17, 15) is 4.79 Å². The van der Waals surface area contributed by atoms with Gasteiger partial charge in [0.15, 0.2) is 0 Å². The number of benzene rings is 1. The maximum atomic E-state index is 12.5. The van der Waals surface area contributed by atoms with E-state index in [1.807, 2.05) is 0 Å². The number of hydrogen-bond acceptors (Lipinski definition) is 3. The highest BCUT2D eigenvalue weighted by Gasteiger charge is 2.37. The third-order valence-electron chi connectivity index (χ3n) is 3.78. The zero-order valence-corrected chi connectivity index (χ0v) is 11.4. The summed E-state index contributed by atoms with van der Waals surface area (Å²) in [5.74, 6) is 0.00324. The normalized spacial score (nSPS) is 23.0. The Labute approximate surface area is 117 Å². The molecule has 4 nitrogen and oxygen atoms in total. The van der Waals surface area contributed by atoms with Crippen molar-refractivity contribution in [3.63, 3.8) is 0 Å². The quantitative estimate of drug-likeness (QED) is 0.801. The van der Waals surface area contributed by atoms with Crippen LogP contribution in [0.5, 0.6) is 0 Å². The van der Waals surface area contributed by atoms with Crippen LogP contribution in [0.3, 0.4) is 0 Å². The van der Waals surface area contributed by atoms with Crippen LogP contribution in [0.1, 0.15) is 32.1 Å². The van der Waals surface area contributed by atoms with E-state index < -0.39 is 0 Å². The summed E-state index contributed by atoms with van der Waals surface area (Å²) < 4.78 is 0. The molecular formula is C14H16ClN3O. The number of hydrazone groups is 1. The fourth-order valence-corrected chi connectivity index (χ4v) is 2.95. The first-order valence-electron chi connectivity index (χ1n) is 6.63.